The Labute approximate surface area is 117 Å². The van der Waals surface area contributed by atoms with Crippen LogP contribution >= 0.6 is 15.9 Å². The summed E-state index contributed by atoms with van der Waals surface area (Å²) in [5, 5.41) is 0.819. The Morgan fingerprint density at radius 3 is 2.78 bits per heavy atom. The highest BCUT2D eigenvalue weighted by Crippen LogP contribution is 2.38. The number of rotatable bonds is 4. The van der Waals surface area contributed by atoms with Crippen LogP contribution < -0.4 is 0 Å². The second-order valence-corrected chi connectivity index (χ2v) is 5.48. The zero-order chi connectivity index (χ0) is 13.0. The molecule has 0 amide bonds. The first-order chi connectivity index (χ1) is 8.76. The monoisotopic (exact) mass is 310 g/mol. The first-order valence-corrected chi connectivity index (χ1v) is 7.61. The average Bonchev–Trinajstić information content (AvgIpc) is 2.93. The van der Waals surface area contributed by atoms with Crippen LogP contribution in [0, 0.1) is 5.92 Å². The van der Waals surface area contributed by atoms with Crippen LogP contribution in [0.15, 0.2) is 24.3 Å². The molecule has 0 N–H and O–H groups in total. The summed E-state index contributed by atoms with van der Waals surface area (Å²) in [7, 11) is 1.48. The van der Waals surface area contributed by atoms with Crippen molar-refractivity contribution < 1.29 is 9.53 Å². The predicted molar refractivity (Wildman–Crippen MR) is 75.8 cm³/mol. The second-order valence-electron chi connectivity index (χ2n) is 4.92. The molecule has 2 nitrogen and oxygen atoms in total. The third kappa shape index (κ3) is 2.94. The first kappa shape index (κ1) is 13.6. The van der Waals surface area contributed by atoms with Crippen molar-refractivity contribution in [1.82, 2.24) is 0 Å². The van der Waals surface area contributed by atoms with Gasteiger partial charge in [-0.2, -0.15) is 0 Å². The Kier molecular flexibility index (Phi) is 4.81. The fraction of sp³-hybridized carbons (Fsp3) is 0.533. The van der Waals surface area contributed by atoms with Crippen molar-refractivity contribution in [2.45, 2.75) is 36.9 Å². The molecule has 0 aliphatic heterocycles. The highest BCUT2D eigenvalue weighted by molar-refractivity contribution is 9.08. The van der Waals surface area contributed by atoms with E-state index in [9.17, 15) is 4.79 Å². The number of hydrogen-bond acceptors (Lipinski definition) is 2. The van der Waals surface area contributed by atoms with Crippen LogP contribution in [0.5, 0.6) is 0 Å². The quantitative estimate of drug-likeness (QED) is 0.620. The SMILES string of the molecule is COC(=O)C(c1cccc(CBr)c1)C1CCCC1. The van der Waals surface area contributed by atoms with Gasteiger partial charge in [-0.05, 0) is 29.9 Å². The number of esters is 1. The zero-order valence-corrected chi connectivity index (χ0v) is 12.3. The number of methoxy groups -OCH3 is 1. The van der Waals surface area contributed by atoms with Crippen LogP contribution in [-0.4, -0.2) is 13.1 Å². The van der Waals surface area contributed by atoms with Crippen LogP contribution in [-0.2, 0) is 14.9 Å². The maximum atomic E-state index is 12.1. The van der Waals surface area contributed by atoms with Gasteiger partial charge in [-0.15, -0.1) is 0 Å². The molecule has 1 aliphatic carbocycles. The third-order valence-corrected chi connectivity index (χ3v) is 4.44. The third-order valence-electron chi connectivity index (χ3n) is 3.79. The lowest BCUT2D eigenvalue weighted by Crippen LogP contribution is -2.21. The predicted octanol–water partition coefficient (Wildman–Crippen LogP) is 4.03. The van der Waals surface area contributed by atoms with Crippen LogP contribution in [0.3, 0.4) is 0 Å². The van der Waals surface area contributed by atoms with Crippen molar-refractivity contribution in [3.63, 3.8) is 0 Å². The van der Waals surface area contributed by atoms with Gasteiger partial charge >= 0.3 is 5.97 Å². The highest BCUT2D eigenvalue weighted by atomic mass is 79.9. The molecule has 1 aliphatic rings. The Bertz CT molecular complexity index is 411. The lowest BCUT2D eigenvalue weighted by molar-refractivity contribution is -0.143. The molecule has 3 heteroatoms. The molecular formula is C15H19BrO2. The number of carbonyl (C=O) groups excluding carboxylic acids is 1. The number of carbonyl (C=O) groups is 1. The van der Waals surface area contributed by atoms with Gasteiger partial charge in [0.2, 0.25) is 0 Å². The van der Waals surface area contributed by atoms with Crippen molar-refractivity contribution in [1.29, 1.82) is 0 Å². The lowest BCUT2D eigenvalue weighted by Gasteiger charge is -2.21. The standard InChI is InChI=1S/C15H19BrO2/c1-18-15(17)14(12-6-2-3-7-12)13-8-4-5-11(9-13)10-16/h4-5,8-9,12,14H,2-3,6-7,10H2,1H3. The summed E-state index contributed by atoms with van der Waals surface area (Å²) >= 11 is 3.46. The summed E-state index contributed by atoms with van der Waals surface area (Å²) < 4.78 is 5.00. The van der Waals surface area contributed by atoms with E-state index in [0.717, 1.165) is 23.7 Å². The molecule has 0 radical (unpaired) electrons. The highest BCUT2D eigenvalue weighted by Gasteiger charge is 2.32. The molecule has 0 bridgehead atoms. The number of halogens is 1. The van der Waals surface area contributed by atoms with Gasteiger partial charge in [0.05, 0.1) is 13.0 Å². The number of ether oxygens (including phenoxy) is 1. The molecule has 1 aromatic carbocycles. The fourth-order valence-corrected chi connectivity index (χ4v) is 3.24. The molecule has 1 atom stereocenters. The Morgan fingerprint density at radius 1 is 1.44 bits per heavy atom. The van der Waals surface area contributed by atoms with E-state index in [1.807, 2.05) is 12.1 Å². The number of benzene rings is 1. The van der Waals surface area contributed by atoms with Gasteiger partial charge in [0.25, 0.3) is 0 Å². The summed E-state index contributed by atoms with van der Waals surface area (Å²) in [6.07, 6.45) is 4.74. The van der Waals surface area contributed by atoms with Crippen LogP contribution in [0.2, 0.25) is 0 Å². The smallest absolute Gasteiger partial charge is 0.313 e. The van der Waals surface area contributed by atoms with Gasteiger partial charge < -0.3 is 4.74 Å². The van der Waals surface area contributed by atoms with Gasteiger partial charge in [0, 0.05) is 5.33 Å². The van der Waals surface area contributed by atoms with E-state index in [1.165, 1.54) is 25.5 Å². The Balaban J connectivity index is 2.29. The molecule has 1 fully saturated rings. The molecule has 18 heavy (non-hydrogen) atoms. The molecule has 2 rings (SSSR count). The Hall–Kier alpha value is -0.830. The Morgan fingerprint density at radius 2 is 2.17 bits per heavy atom. The largest absolute Gasteiger partial charge is 0.469 e. The average molecular weight is 311 g/mol. The zero-order valence-electron chi connectivity index (χ0n) is 10.7. The van der Waals surface area contributed by atoms with Crippen LogP contribution in [0.4, 0.5) is 0 Å². The fourth-order valence-electron chi connectivity index (χ4n) is 2.89. The summed E-state index contributed by atoms with van der Waals surface area (Å²) in [5.74, 6) is 0.271. The summed E-state index contributed by atoms with van der Waals surface area (Å²) in [4.78, 5) is 12.1. The molecule has 0 aromatic heterocycles. The van der Waals surface area contributed by atoms with Crippen LogP contribution in [0.1, 0.15) is 42.7 Å². The summed E-state index contributed by atoms with van der Waals surface area (Å²) in [6.45, 7) is 0. The molecule has 98 valence electrons. The van der Waals surface area contributed by atoms with Crippen molar-refractivity contribution >= 4 is 21.9 Å². The van der Waals surface area contributed by atoms with E-state index in [1.54, 1.807) is 0 Å². The van der Waals surface area contributed by atoms with Gasteiger partial charge in [-0.25, -0.2) is 0 Å². The molecular weight excluding hydrogens is 292 g/mol. The van der Waals surface area contributed by atoms with Crippen molar-refractivity contribution in [2.24, 2.45) is 5.92 Å². The van der Waals surface area contributed by atoms with E-state index in [-0.39, 0.29) is 11.9 Å². The van der Waals surface area contributed by atoms with E-state index in [0.29, 0.717) is 5.92 Å². The summed E-state index contributed by atoms with van der Waals surface area (Å²) in [6, 6.07) is 8.26. The van der Waals surface area contributed by atoms with Gasteiger partial charge in [0.15, 0.2) is 0 Å². The first-order valence-electron chi connectivity index (χ1n) is 6.49. The minimum Gasteiger partial charge on any atom is -0.469 e. The van der Waals surface area contributed by atoms with E-state index in [4.69, 9.17) is 4.74 Å². The van der Waals surface area contributed by atoms with E-state index < -0.39 is 0 Å². The van der Waals surface area contributed by atoms with E-state index in [2.05, 4.69) is 28.1 Å². The lowest BCUT2D eigenvalue weighted by atomic mass is 9.84. The molecule has 0 spiro atoms. The number of alkyl halides is 1. The molecule has 0 heterocycles. The minimum atomic E-state index is -0.0892. The van der Waals surface area contributed by atoms with Gasteiger partial charge in [-0.3, -0.25) is 4.79 Å². The summed E-state index contributed by atoms with van der Waals surface area (Å²) in [5.41, 5.74) is 2.31. The van der Waals surface area contributed by atoms with Crippen molar-refractivity contribution in [3.05, 3.63) is 35.4 Å². The van der Waals surface area contributed by atoms with Crippen molar-refractivity contribution in [3.8, 4) is 0 Å². The normalized spacial score (nSPS) is 17.7. The minimum absolute atomic E-state index is 0.0866. The topological polar surface area (TPSA) is 26.3 Å². The van der Waals surface area contributed by atoms with Crippen molar-refractivity contribution in [2.75, 3.05) is 7.11 Å². The van der Waals surface area contributed by atoms with Gasteiger partial charge in [0.1, 0.15) is 0 Å². The van der Waals surface area contributed by atoms with Crippen LogP contribution in [0.25, 0.3) is 0 Å². The second kappa shape index (κ2) is 6.37. The maximum absolute atomic E-state index is 12.1. The van der Waals surface area contributed by atoms with Gasteiger partial charge in [-0.1, -0.05) is 53.0 Å². The maximum Gasteiger partial charge on any atom is 0.313 e. The molecule has 1 saturated carbocycles. The molecule has 0 saturated heterocycles. The van der Waals surface area contributed by atoms with E-state index >= 15 is 0 Å². The molecule has 1 aromatic rings. The molecule has 1 unspecified atom stereocenters. The number of hydrogen-bond donors (Lipinski definition) is 0.